The largest absolute Gasteiger partial charge is 0.497 e. The third kappa shape index (κ3) is 6.76. The van der Waals surface area contributed by atoms with Gasteiger partial charge in [-0.1, -0.05) is 51.9 Å². The number of Topliss-reactive ketones (excluding diaryl/α,β-unsaturated/α-hetero) is 1. The zero-order valence-electron chi connectivity index (χ0n) is 13.3. The van der Waals surface area contributed by atoms with E-state index in [-0.39, 0.29) is 5.78 Å². The van der Waals surface area contributed by atoms with E-state index in [0.29, 0.717) is 17.7 Å². The third-order valence-corrected chi connectivity index (χ3v) is 3.76. The number of methoxy groups -OCH3 is 1. The topological polar surface area (TPSA) is 46.5 Å². The van der Waals surface area contributed by atoms with E-state index in [4.69, 9.17) is 4.74 Å². The Morgan fingerprint density at radius 2 is 1.62 bits per heavy atom. The molecule has 1 aromatic rings. The molecule has 0 aromatic heterocycles. The van der Waals surface area contributed by atoms with Crippen LogP contribution >= 0.6 is 0 Å². The van der Waals surface area contributed by atoms with Crippen molar-refractivity contribution < 1.29 is 14.6 Å². The zero-order valence-corrected chi connectivity index (χ0v) is 13.3. The lowest BCUT2D eigenvalue weighted by atomic mass is 10.0. The summed E-state index contributed by atoms with van der Waals surface area (Å²) >= 11 is 0. The maximum atomic E-state index is 12.1. The number of rotatable bonds is 11. The summed E-state index contributed by atoms with van der Waals surface area (Å²) in [4.78, 5) is 12.1. The van der Waals surface area contributed by atoms with E-state index >= 15 is 0 Å². The monoisotopic (exact) mass is 292 g/mol. The molecule has 0 bridgehead atoms. The Bertz CT molecular complexity index is 397. The van der Waals surface area contributed by atoms with Crippen molar-refractivity contribution in [1.82, 2.24) is 0 Å². The SMILES string of the molecule is CCCCCCCCC[C@@H](O)C(=O)c1ccc(OC)cc1. The lowest BCUT2D eigenvalue weighted by molar-refractivity contribution is 0.0725. The smallest absolute Gasteiger partial charge is 0.191 e. The van der Waals surface area contributed by atoms with Gasteiger partial charge in [0.15, 0.2) is 5.78 Å². The van der Waals surface area contributed by atoms with Crippen LogP contribution in [0.15, 0.2) is 24.3 Å². The molecule has 21 heavy (non-hydrogen) atoms. The second kappa shape index (κ2) is 10.4. The lowest BCUT2D eigenvalue weighted by Crippen LogP contribution is -2.20. The highest BCUT2D eigenvalue weighted by Crippen LogP contribution is 2.15. The minimum absolute atomic E-state index is 0.191. The summed E-state index contributed by atoms with van der Waals surface area (Å²) in [6.07, 6.45) is 8.00. The fraction of sp³-hybridized carbons (Fsp3) is 0.611. The van der Waals surface area contributed by atoms with Gasteiger partial charge in [-0.2, -0.15) is 0 Å². The summed E-state index contributed by atoms with van der Waals surface area (Å²) in [6, 6.07) is 6.89. The molecule has 0 aliphatic rings. The van der Waals surface area contributed by atoms with E-state index in [0.717, 1.165) is 12.8 Å². The standard InChI is InChI=1S/C18H28O3/c1-3-4-5-6-7-8-9-10-17(19)18(20)15-11-13-16(21-2)14-12-15/h11-14,17,19H,3-10H2,1-2H3/t17-/m1/s1. The quantitative estimate of drug-likeness (QED) is 0.486. The van der Waals surface area contributed by atoms with Crippen LogP contribution in [0.3, 0.4) is 0 Å². The molecule has 1 rings (SSSR count). The molecule has 118 valence electrons. The van der Waals surface area contributed by atoms with Crippen LogP contribution in [0, 0.1) is 0 Å². The molecule has 0 aliphatic carbocycles. The van der Waals surface area contributed by atoms with E-state index in [1.807, 2.05) is 0 Å². The molecule has 0 amide bonds. The average Bonchev–Trinajstić information content (AvgIpc) is 2.53. The first-order valence-corrected chi connectivity index (χ1v) is 8.05. The van der Waals surface area contributed by atoms with E-state index < -0.39 is 6.10 Å². The van der Waals surface area contributed by atoms with E-state index in [9.17, 15) is 9.90 Å². The number of hydrogen-bond donors (Lipinski definition) is 1. The summed E-state index contributed by atoms with van der Waals surface area (Å²) in [5, 5.41) is 9.96. The first-order chi connectivity index (χ1) is 10.2. The van der Waals surface area contributed by atoms with Gasteiger partial charge in [0.1, 0.15) is 11.9 Å². The average molecular weight is 292 g/mol. The van der Waals surface area contributed by atoms with Gasteiger partial charge >= 0.3 is 0 Å². The molecule has 1 atom stereocenters. The van der Waals surface area contributed by atoms with Crippen LogP contribution in [0.4, 0.5) is 0 Å². The lowest BCUT2D eigenvalue weighted by Gasteiger charge is -2.10. The Morgan fingerprint density at radius 3 is 2.19 bits per heavy atom. The number of ketones is 1. The van der Waals surface area contributed by atoms with Gasteiger partial charge in [-0.05, 0) is 30.7 Å². The molecule has 0 heterocycles. The number of aliphatic hydroxyl groups excluding tert-OH is 1. The second-order valence-corrected chi connectivity index (χ2v) is 5.52. The first kappa shape index (κ1) is 17.7. The molecule has 3 nitrogen and oxygen atoms in total. The Labute approximate surface area is 128 Å². The maximum Gasteiger partial charge on any atom is 0.191 e. The molecular formula is C18H28O3. The summed E-state index contributed by atoms with van der Waals surface area (Å²) in [6.45, 7) is 2.21. The Morgan fingerprint density at radius 1 is 1.05 bits per heavy atom. The number of carbonyl (C=O) groups is 1. The second-order valence-electron chi connectivity index (χ2n) is 5.52. The first-order valence-electron chi connectivity index (χ1n) is 8.05. The van der Waals surface area contributed by atoms with Gasteiger partial charge in [0, 0.05) is 5.56 Å². The molecule has 0 aliphatic heterocycles. The third-order valence-electron chi connectivity index (χ3n) is 3.76. The van der Waals surface area contributed by atoms with Crippen molar-refractivity contribution in [2.45, 2.75) is 64.4 Å². The Kier molecular flexibility index (Phi) is 8.76. The Balaban J connectivity index is 2.24. The molecule has 0 unspecified atom stereocenters. The van der Waals surface area contributed by atoms with Crippen molar-refractivity contribution in [2.24, 2.45) is 0 Å². The van der Waals surface area contributed by atoms with Crippen LogP contribution in [-0.2, 0) is 0 Å². The molecule has 1 N–H and O–H groups in total. The van der Waals surface area contributed by atoms with Gasteiger partial charge in [-0.25, -0.2) is 0 Å². The van der Waals surface area contributed by atoms with Gasteiger partial charge in [0.2, 0.25) is 0 Å². The van der Waals surface area contributed by atoms with Gasteiger partial charge in [-0.3, -0.25) is 4.79 Å². The number of ether oxygens (including phenoxy) is 1. The normalized spacial score (nSPS) is 12.1. The fourth-order valence-corrected chi connectivity index (χ4v) is 2.37. The van der Waals surface area contributed by atoms with Crippen molar-refractivity contribution in [3.63, 3.8) is 0 Å². The van der Waals surface area contributed by atoms with Crippen molar-refractivity contribution >= 4 is 5.78 Å². The van der Waals surface area contributed by atoms with Crippen molar-refractivity contribution in [2.75, 3.05) is 7.11 Å². The molecule has 0 spiro atoms. The van der Waals surface area contributed by atoms with Gasteiger partial charge in [0.25, 0.3) is 0 Å². The minimum atomic E-state index is -0.881. The number of benzene rings is 1. The van der Waals surface area contributed by atoms with Crippen LogP contribution in [0.5, 0.6) is 5.75 Å². The van der Waals surface area contributed by atoms with Crippen LogP contribution < -0.4 is 4.74 Å². The molecule has 0 radical (unpaired) electrons. The minimum Gasteiger partial charge on any atom is -0.497 e. The summed E-state index contributed by atoms with van der Waals surface area (Å²) < 4.78 is 5.06. The summed E-state index contributed by atoms with van der Waals surface area (Å²) in [5.74, 6) is 0.525. The number of unbranched alkanes of at least 4 members (excludes halogenated alkanes) is 6. The molecule has 1 aromatic carbocycles. The molecule has 0 saturated carbocycles. The van der Waals surface area contributed by atoms with Crippen molar-refractivity contribution in [3.05, 3.63) is 29.8 Å². The summed E-state index contributed by atoms with van der Waals surface area (Å²) in [5.41, 5.74) is 0.547. The predicted molar refractivity (Wildman–Crippen MR) is 85.9 cm³/mol. The van der Waals surface area contributed by atoms with Crippen LogP contribution in [0.1, 0.15) is 68.6 Å². The van der Waals surface area contributed by atoms with E-state index in [2.05, 4.69) is 6.92 Å². The van der Waals surface area contributed by atoms with Gasteiger partial charge in [0.05, 0.1) is 7.11 Å². The molecule has 3 heteroatoms. The highest BCUT2D eigenvalue weighted by Gasteiger charge is 2.16. The predicted octanol–water partition coefficient (Wildman–Crippen LogP) is 4.38. The summed E-state index contributed by atoms with van der Waals surface area (Å²) in [7, 11) is 1.59. The number of hydrogen-bond acceptors (Lipinski definition) is 3. The zero-order chi connectivity index (χ0) is 15.5. The van der Waals surface area contributed by atoms with E-state index in [1.54, 1.807) is 31.4 Å². The molecule has 0 fully saturated rings. The van der Waals surface area contributed by atoms with Gasteiger partial charge < -0.3 is 9.84 Å². The van der Waals surface area contributed by atoms with Gasteiger partial charge in [-0.15, -0.1) is 0 Å². The molecular weight excluding hydrogens is 264 g/mol. The molecule has 0 saturated heterocycles. The van der Waals surface area contributed by atoms with Crippen LogP contribution in [0.25, 0.3) is 0 Å². The number of carbonyl (C=O) groups excluding carboxylic acids is 1. The van der Waals surface area contributed by atoms with Crippen molar-refractivity contribution in [3.8, 4) is 5.75 Å². The van der Waals surface area contributed by atoms with Crippen molar-refractivity contribution in [1.29, 1.82) is 0 Å². The van der Waals surface area contributed by atoms with E-state index in [1.165, 1.54) is 32.1 Å². The Hall–Kier alpha value is -1.35. The fourth-order valence-electron chi connectivity index (χ4n) is 2.37. The van der Waals surface area contributed by atoms with Crippen LogP contribution in [-0.4, -0.2) is 24.1 Å². The maximum absolute atomic E-state index is 12.1. The highest BCUT2D eigenvalue weighted by molar-refractivity contribution is 5.99. The number of aliphatic hydroxyl groups is 1. The van der Waals surface area contributed by atoms with Crippen LogP contribution in [0.2, 0.25) is 0 Å². The highest BCUT2D eigenvalue weighted by atomic mass is 16.5.